The maximum Gasteiger partial charge on any atom is 0.0947 e. The second-order valence-corrected chi connectivity index (χ2v) is 7.13. The van der Waals surface area contributed by atoms with Crippen molar-refractivity contribution in [1.29, 1.82) is 5.26 Å². The van der Waals surface area contributed by atoms with Gasteiger partial charge in [-0.1, -0.05) is 36.8 Å². The summed E-state index contributed by atoms with van der Waals surface area (Å²) in [6.45, 7) is 6.77. The van der Waals surface area contributed by atoms with E-state index in [-0.39, 0.29) is 0 Å². The molecule has 4 aliphatic rings. The van der Waals surface area contributed by atoms with E-state index in [9.17, 15) is 5.26 Å². The van der Waals surface area contributed by atoms with Crippen LogP contribution in [0, 0.1) is 40.4 Å². The molecule has 1 nitrogen and oxygen atoms in total. The summed E-state index contributed by atoms with van der Waals surface area (Å²) >= 11 is 0. The summed E-state index contributed by atoms with van der Waals surface area (Å²) in [4.78, 5) is 0. The Morgan fingerprint density at radius 1 is 1.42 bits per heavy atom. The van der Waals surface area contributed by atoms with Crippen molar-refractivity contribution in [2.75, 3.05) is 0 Å². The lowest BCUT2D eigenvalue weighted by atomic mass is 9.70. The fourth-order valence-electron chi connectivity index (χ4n) is 5.42. The highest BCUT2D eigenvalue weighted by atomic mass is 14.7. The molecule has 98 valence electrons. The van der Waals surface area contributed by atoms with E-state index in [1.165, 1.54) is 31.3 Å². The van der Waals surface area contributed by atoms with Crippen LogP contribution in [0.3, 0.4) is 0 Å². The van der Waals surface area contributed by atoms with Crippen LogP contribution in [0.1, 0.15) is 39.0 Å². The Morgan fingerprint density at radius 3 is 3.05 bits per heavy atom. The lowest BCUT2D eigenvalue weighted by Gasteiger charge is -2.33. The lowest BCUT2D eigenvalue weighted by Crippen LogP contribution is -2.25. The first-order chi connectivity index (χ1) is 9.16. The first kappa shape index (κ1) is 11.5. The molecule has 2 saturated carbocycles. The molecule has 0 aromatic heterocycles. The monoisotopic (exact) mass is 251 g/mol. The van der Waals surface area contributed by atoms with Crippen LogP contribution in [0.2, 0.25) is 0 Å². The van der Waals surface area contributed by atoms with E-state index in [2.05, 4.69) is 31.7 Å². The molecule has 0 spiro atoms. The van der Waals surface area contributed by atoms with Gasteiger partial charge >= 0.3 is 0 Å². The Bertz CT molecular complexity index is 559. The molecule has 0 saturated heterocycles. The van der Waals surface area contributed by atoms with Crippen molar-refractivity contribution in [3.8, 4) is 6.07 Å². The van der Waals surface area contributed by atoms with Crippen LogP contribution in [0.15, 0.2) is 35.5 Å². The van der Waals surface area contributed by atoms with Crippen molar-refractivity contribution in [3.05, 3.63) is 35.5 Å². The van der Waals surface area contributed by atoms with Gasteiger partial charge in [-0.05, 0) is 55.3 Å². The predicted octanol–water partition coefficient (Wildman–Crippen LogP) is 4.39. The molecule has 19 heavy (non-hydrogen) atoms. The molecule has 0 bridgehead atoms. The van der Waals surface area contributed by atoms with E-state index in [4.69, 9.17) is 0 Å². The SMILES string of the molecule is C=C1CC=C(C#N)C2[C@@H]1CCC1=CCC[C@]3(C)[C@H]2[C@H]13. The van der Waals surface area contributed by atoms with Crippen molar-refractivity contribution in [1.82, 2.24) is 0 Å². The molecule has 0 heterocycles. The van der Waals surface area contributed by atoms with Gasteiger partial charge in [0.25, 0.3) is 0 Å². The Balaban J connectivity index is 1.82. The molecular weight excluding hydrogens is 230 g/mol. The van der Waals surface area contributed by atoms with Gasteiger partial charge in [-0.2, -0.15) is 5.26 Å². The number of hydrogen-bond acceptors (Lipinski definition) is 1. The minimum atomic E-state index is 0.477. The number of hydrogen-bond donors (Lipinski definition) is 0. The van der Waals surface area contributed by atoms with Crippen LogP contribution in [-0.2, 0) is 0 Å². The smallest absolute Gasteiger partial charge is 0.0947 e. The van der Waals surface area contributed by atoms with Crippen molar-refractivity contribution < 1.29 is 0 Å². The average molecular weight is 251 g/mol. The summed E-state index contributed by atoms with van der Waals surface area (Å²) in [5, 5.41) is 9.51. The maximum absolute atomic E-state index is 9.51. The molecule has 4 aliphatic carbocycles. The number of allylic oxidation sites excluding steroid dienone is 5. The van der Waals surface area contributed by atoms with E-state index in [1.807, 2.05) is 0 Å². The summed E-state index contributed by atoms with van der Waals surface area (Å²) in [5.74, 6) is 2.54. The highest BCUT2D eigenvalue weighted by Gasteiger charge is 2.67. The van der Waals surface area contributed by atoms with Crippen molar-refractivity contribution in [2.45, 2.75) is 39.0 Å². The fraction of sp³-hybridized carbons (Fsp3) is 0.611. The highest BCUT2D eigenvalue weighted by Crippen LogP contribution is 2.74. The third-order valence-corrected chi connectivity index (χ3v) is 6.37. The van der Waals surface area contributed by atoms with Gasteiger partial charge in [0.2, 0.25) is 0 Å². The van der Waals surface area contributed by atoms with Gasteiger partial charge in [0, 0.05) is 11.5 Å². The summed E-state index contributed by atoms with van der Waals surface area (Å²) in [6.07, 6.45) is 10.6. The molecule has 0 radical (unpaired) electrons. The second kappa shape index (κ2) is 3.63. The van der Waals surface area contributed by atoms with Gasteiger partial charge in [0.05, 0.1) is 6.07 Å². The van der Waals surface area contributed by atoms with E-state index in [1.54, 1.807) is 5.57 Å². The molecule has 1 unspecified atom stereocenters. The zero-order valence-corrected chi connectivity index (χ0v) is 11.7. The molecule has 0 aromatic rings. The number of nitriles is 1. The molecular formula is C18H21N. The van der Waals surface area contributed by atoms with Crippen LogP contribution in [0.4, 0.5) is 0 Å². The van der Waals surface area contributed by atoms with Crippen LogP contribution in [0.5, 0.6) is 0 Å². The number of rotatable bonds is 0. The van der Waals surface area contributed by atoms with Crippen molar-refractivity contribution in [2.24, 2.45) is 29.1 Å². The maximum atomic E-state index is 9.51. The Kier molecular flexibility index (Phi) is 2.20. The van der Waals surface area contributed by atoms with Gasteiger partial charge < -0.3 is 0 Å². The molecule has 0 aliphatic heterocycles. The topological polar surface area (TPSA) is 23.8 Å². The largest absolute Gasteiger partial charge is 0.193 e. The van der Waals surface area contributed by atoms with Crippen molar-refractivity contribution in [3.63, 3.8) is 0 Å². The first-order valence-electron chi connectivity index (χ1n) is 7.63. The third kappa shape index (κ3) is 1.35. The number of nitrogens with zero attached hydrogens (tertiary/aromatic N) is 1. The summed E-state index contributed by atoms with van der Waals surface area (Å²) in [5.41, 5.74) is 4.64. The van der Waals surface area contributed by atoms with E-state index in [0.717, 1.165) is 23.8 Å². The Hall–Kier alpha value is -1.29. The quantitative estimate of drug-likeness (QED) is 0.586. The van der Waals surface area contributed by atoms with E-state index < -0.39 is 0 Å². The second-order valence-electron chi connectivity index (χ2n) is 7.13. The zero-order valence-electron chi connectivity index (χ0n) is 11.7. The molecule has 0 N–H and O–H groups in total. The highest BCUT2D eigenvalue weighted by molar-refractivity contribution is 5.42. The van der Waals surface area contributed by atoms with Gasteiger partial charge in [0.1, 0.15) is 0 Å². The molecule has 1 heteroatoms. The zero-order chi connectivity index (χ0) is 13.2. The minimum absolute atomic E-state index is 0.477. The lowest BCUT2D eigenvalue weighted by molar-refractivity contribution is 0.304. The standard InChI is InChI=1S/C18H21N/c1-11-5-6-13(10-19)15-14(11)8-7-12-4-3-9-18(2)16(12)17(15)18/h4,6,14-17H,1,3,5,7-9H2,2H3/t14-,15?,16+,17-,18+/m1/s1. The predicted molar refractivity (Wildman–Crippen MR) is 76.1 cm³/mol. The third-order valence-electron chi connectivity index (χ3n) is 6.37. The van der Waals surface area contributed by atoms with Gasteiger partial charge in [-0.15, -0.1) is 0 Å². The molecule has 5 atom stereocenters. The van der Waals surface area contributed by atoms with Crippen LogP contribution in [0.25, 0.3) is 0 Å². The Morgan fingerprint density at radius 2 is 2.26 bits per heavy atom. The summed E-state index contributed by atoms with van der Waals surface area (Å²) in [7, 11) is 0. The van der Waals surface area contributed by atoms with Crippen LogP contribution < -0.4 is 0 Å². The van der Waals surface area contributed by atoms with Crippen LogP contribution >= 0.6 is 0 Å². The van der Waals surface area contributed by atoms with E-state index >= 15 is 0 Å². The summed E-state index contributed by atoms with van der Waals surface area (Å²) < 4.78 is 0. The average Bonchev–Trinajstić information content (AvgIpc) is 3.07. The van der Waals surface area contributed by atoms with Gasteiger partial charge in [-0.3, -0.25) is 0 Å². The molecule has 2 fully saturated rings. The molecule has 0 aromatic carbocycles. The molecule has 0 amide bonds. The molecule has 4 rings (SSSR count). The van der Waals surface area contributed by atoms with Gasteiger partial charge in [0.15, 0.2) is 0 Å². The van der Waals surface area contributed by atoms with Crippen LogP contribution in [-0.4, -0.2) is 0 Å². The Labute approximate surface area is 115 Å². The number of fused-ring (bicyclic) bond motifs is 3. The minimum Gasteiger partial charge on any atom is -0.193 e. The first-order valence-corrected chi connectivity index (χ1v) is 7.63. The normalized spacial score (nSPS) is 47.1. The summed E-state index contributed by atoms with van der Waals surface area (Å²) in [6, 6.07) is 2.51. The van der Waals surface area contributed by atoms with Gasteiger partial charge in [-0.25, -0.2) is 0 Å². The fourth-order valence-corrected chi connectivity index (χ4v) is 5.42. The van der Waals surface area contributed by atoms with E-state index in [0.29, 0.717) is 17.3 Å². The van der Waals surface area contributed by atoms with Crippen molar-refractivity contribution >= 4 is 0 Å².